The topological polar surface area (TPSA) is 110 Å². The standard InChI is InChI=1S/C28H26N4O6/c1-28(2,3)27-30-24-22-20(15-11-18(35-5)19(36-6)12-17(15)34-4)21-23(38-25(22)29-13-32(24)31-27)14-9-7-8-10-16(14)37-26(21)33/h7-13,20H,1-6H3. The molecule has 10 heteroatoms. The molecule has 0 fully saturated rings. The third-order valence-corrected chi connectivity index (χ3v) is 6.68. The summed E-state index contributed by atoms with van der Waals surface area (Å²) in [5.74, 6) is 2.03. The number of fused-ring (bicyclic) bond motifs is 6. The van der Waals surface area contributed by atoms with Crippen LogP contribution < -0.4 is 24.6 Å². The molecule has 4 heterocycles. The number of rotatable bonds is 4. The Labute approximate surface area is 217 Å². The zero-order valence-electron chi connectivity index (χ0n) is 21.9. The van der Waals surface area contributed by atoms with E-state index in [0.717, 1.165) is 0 Å². The predicted molar refractivity (Wildman–Crippen MR) is 139 cm³/mol. The molecule has 1 aliphatic heterocycles. The molecule has 1 atom stereocenters. The Morgan fingerprint density at radius 3 is 2.37 bits per heavy atom. The Kier molecular flexibility index (Phi) is 5.30. The fourth-order valence-electron chi connectivity index (χ4n) is 4.84. The first kappa shape index (κ1) is 23.8. The van der Waals surface area contributed by atoms with Gasteiger partial charge in [0.1, 0.15) is 17.7 Å². The number of hydrogen-bond donors (Lipinski definition) is 0. The van der Waals surface area contributed by atoms with Gasteiger partial charge in [0, 0.05) is 17.0 Å². The fraction of sp³-hybridized carbons (Fsp3) is 0.286. The molecule has 1 unspecified atom stereocenters. The Morgan fingerprint density at radius 1 is 0.947 bits per heavy atom. The number of nitrogens with zero attached hydrogens (tertiary/aromatic N) is 4. The molecule has 0 spiro atoms. The van der Waals surface area contributed by atoms with Crippen molar-refractivity contribution in [3.8, 4) is 28.9 Å². The number of para-hydroxylation sites is 1. The van der Waals surface area contributed by atoms with E-state index in [1.165, 1.54) is 0 Å². The monoisotopic (exact) mass is 514 g/mol. The maximum absolute atomic E-state index is 13.6. The first-order valence-electron chi connectivity index (χ1n) is 12.0. The zero-order valence-corrected chi connectivity index (χ0v) is 21.9. The van der Waals surface area contributed by atoms with Crippen LogP contribution >= 0.6 is 0 Å². The SMILES string of the molecule is COc1cc(OC)c(C2c3c(c4ccccc4oc3=O)Oc3ncn4nc(C(C)(C)C)nc4c32)cc1OC. The van der Waals surface area contributed by atoms with E-state index in [-0.39, 0.29) is 5.41 Å². The van der Waals surface area contributed by atoms with Crippen LogP contribution in [0.2, 0.25) is 0 Å². The van der Waals surface area contributed by atoms with Gasteiger partial charge in [-0.3, -0.25) is 0 Å². The molecule has 0 saturated carbocycles. The first-order valence-corrected chi connectivity index (χ1v) is 12.0. The van der Waals surface area contributed by atoms with Gasteiger partial charge in [-0.2, -0.15) is 0 Å². The average Bonchev–Trinajstić information content (AvgIpc) is 3.37. The summed E-state index contributed by atoms with van der Waals surface area (Å²) in [4.78, 5) is 23.1. The molecule has 0 radical (unpaired) electrons. The maximum Gasteiger partial charge on any atom is 0.344 e. The van der Waals surface area contributed by atoms with Gasteiger partial charge in [-0.25, -0.2) is 19.3 Å². The molecule has 0 amide bonds. The van der Waals surface area contributed by atoms with Crippen LogP contribution in [0, 0.1) is 0 Å². The predicted octanol–water partition coefficient (Wildman–Crippen LogP) is 4.84. The van der Waals surface area contributed by atoms with E-state index in [9.17, 15) is 4.79 Å². The van der Waals surface area contributed by atoms with Gasteiger partial charge in [0.05, 0.1) is 43.8 Å². The van der Waals surface area contributed by atoms with Crippen LogP contribution in [0.1, 0.15) is 49.2 Å². The Balaban J connectivity index is 1.75. The van der Waals surface area contributed by atoms with Gasteiger partial charge in [0.25, 0.3) is 0 Å². The highest BCUT2D eigenvalue weighted by atomic mass is 16.5. The number of ether oxygens (including phenoxy) is 4. The van der Waals surface area contributed by atoms with Crippen molar-refractivity contribution in [2.45, 2.75) is 32.1 Å². The molecule has 0 N–H and O–H groups in total. The smallest absolute Gasteiger partial charge is 0.344 e. The lowest BCUT2D eigenvalue weighted by Gasteiger charge is -2.28. The second kappa shape index (κ2) is 8.47. The molecule has 0 aliphatic carbocycles. The van der Waals surface area contributed by atoms with Crippen LogP contribution in [-0.2, 0) is 5.41 Å². The molecule has 194 valence electrons. The van der Waals surface area contributed by atoms with Crippen molar-refractivity contribution in [3.63, 3.8) is 0 Å². The van der Waals surface area contributed by atoms with Gasteiger partial charge in [0.2, 0.25) is 5.88 Å². The van der Waals surface area contributed by atoms with E-state index in [0.29, 0.717) is 68.0 Å². The van der Waals surface area contributed by atoms with Crippen molar-refractivity contribution in [1.82, 2.24) is 19.6 Å². The molecule has 1 aliphatic rings. The summed E-state index contributed by atoms with van der Waals surface area (Å²) in [6, 6.07) is 10.8. The third kappa shape index (κ3) is 3.47. The van der Waals surface area contributed by atoms with E-state index in [2.05, 4.69) is 10.1 Å². The molecule has 0 bridgehead atoms. The molecule has 10 nitrogen and oxygen atoms in total. The van der Waals surface area contributed by atoms with Crippen molar-refractivity contribution in [3.05, 3.63) is 75.7 Å². The highest BCUT2D eigenvalue weighted by Crippen LogP contribution is 2.52. The third-order valence-electron chi connectivity index (χ3n) is 6.68. The van der Waals surface area contributed by atoms with Crippen LogP contribution in [-0.4, -0.2) is 40.9 Å². The number of benzene rings is 2. The maximum atomic E-state index is 13.6. The molecule has 3 aromatic heterocycles. The Bertz CT molecular complexity index is 1780. The minimum Gasteiger partial charge on any atom is -0.496 e. The summed E-state index contributed by atoms with van der Waals surface area (Å²) in [7, 11) is 4.66. The molecular formula is C28H26N4O6. The zero-order chi connectivity index (χ0) is 26.8. The lowest BCUT2D eigenvalue weighted by Crippen LogP contribution is -2.23. The molecule has 38 heavy (non-hydrogen) atoms. The molecule has 5 aromatic rings. The minimum absolute atomic E-state index is 0.303. The van der Waals surface area contributed by atoms with Gasteiger partial charge >= 0.3 is 5.63 Å². The number of methoxy groups -OCH3 is 3. The van der Waals surface area contributed by atoms with Gasteiger partial charge in [-0.15, -0.1) is 5.10 Å². The Morgan fingerprint density at radius 2 is 1.66 bits per heavy atom. The first-order chi connectivity index (χ1) is 18.2. The van der Waals surface area contributed by atoms with Crippen LogP contribution in [0.5, 0.6) is 28.9 Å². The van der Waals surface area contributed by atoms with E-state index >= 15 is 0 Å². The van der Waals surface area contributed by atoms with Crippen LogP contribution in [0.25, 0.3) is 16.6 Å². The number of hydrogen-bond acceptors (Lipinski definition) is 9. The van der Waals surface area contributed by atoms with Gasteiger partial charge in [0.15, 0.2) is 28.7 Å². The Hall–Kier alpha value is -4.60. The van der Waals surface area contributed by atoms with Crippen molar-refractivity contribution < 1.29 is 23.4 Å². The lowest BCUT2D eigenvalue weighted by molar-refractivity contribution is 0.346. The van der Waals surface area contributed by atoms with Crippen molar-refractivity contribution in [1.29, 1.82) is 0 Å². The highest BCUT2D eigenvalue weighted by Gasteiger charge is 2.40. The quantitative estimate of drug-likeness (QED) is 0.305. The minimum atomic E-state index is -0.724. The van der Waals surface area contributed by atoms with Gasteiger partial charge in [-0.1, -0.05) is 32.9 Å². The molecular weight excluding hydrogens is 488 g/mol. The average molecular weight is 515 g/mol. The van der Waals surface area contributed by atoms with E-state index in [1.54, 1.807) is 56.4 Å². The van der Waals surface area contributed by atoms with Crippen molar-refractivity contribution in [2.75, 3.05) is 21.3 Å². The van der Waals surface area contributed by atoms with Crippen molar-refractivity contribution in [2.24, 2.45) is 0 Å². The van der Waals surface area contributed by atoms with Crippen LogP contribution in [0.4, 0.5) is 0 Å². The van der Waals surface area contributed by atoms with E-state index < -0.39 is 11.5 Å². The highest BCUT2D eigenvalue weighted by molar-refractivity contribution is 5.87. The lowest BCUT2D eigenvalue weighted by atomic mass is 9.83. The van der Waals surface area contributed by atoms with Gasteiger partial charge in [-0.05, 0) is 18.2 Å². The van der Waals surface area contributed by atoms with Crippen LogP contribution in [0.15, 0.2) is 51.9 Å². The second-order valence-corrected chi connectivity index (χ2v) is 10.0. The summed E-state index contributed by atoms with van der Waals surface area (Å²) in [5, 5.41) is 5.31. The molecule has 2 aromatic carbocycles. The number of aromatic nitrogens is 4. The molecule has 0 saturated heterocycles. The second-order valence-electron chi connectivity index (χ2n) is 10.0. The molecule has 6 rings (SSSR count). The van der Waals surface area contributed by atoms with Gasteiger partial charge < -0.3 is 23.4 Å². The van der Waals surface area contributed by atoms with E-state index in [1.807, 2.05) is 32.9 Å². The normalized spacial score (nSPS) is 14.6. The summed E-state index contributed by atoms with van der Waals surface area (Å²) in [6.07, 6.45) is 1.57. The summed E-state index contributed by atoms with van der Waals surface area (Å²) < 4.78 is 30.7. The largest absolute Gasteiger partial charge is 0.496 e. The van der Waals surface area contributed by atoms with Crippen molar-refractivity contribution >= 4 is 16.6 Å². The summed E-state index contributed by atoms with van der Waals surface area (Å²) in [5.41, 5.74) is 1.57. The van der Waals surface area contributed by atoms with E-state index in [4.69, 9.17) is 28.3 Å². The fourth-order valence-corrected chi connectivity index (χ4v) is 4.84. The summed E-state index contributed by atoms with van der Waals surface area (Å²) >= 11 is 0. The summed E-state index contributed by atoms with van der Waals surface area (Å²) in [6.45, 7) is 6.09. The van der Waals surface area contributed by atoms with Crippen LogP contribution in [0.3, 0.4) is 0 Å².